The van der Waals surface area contributed by atoms with Crippen LogP contribution in [0.5, 0.6) is 0 Å². The van der Waals surface area contributed by atoms with Crippen LogP contribution in [0.4, 0.5) is 0 Å². The van der Waals surface area contributed by atoms with Crippen LogP contribution in [0.1, 0.15) is 24.0 Å². The molecule has 260 valence electrons. The number of hydrogen-bond donors (Lipinski definition) is 0. The molecule has 0 saturated carbocycles. The number of aromatic nitrogens is 3. The average molecular weight is 722 g/mol. The molecule has 3 aromatic heterocycles. The van der Waals surface area contributed by atoms with Crippen LogP contribution in [0.2, 0.25) is 0 Å². The number of hydrogen-bond acceptors (Lipinski definition) is 4. The Kier molecular flexibility index (Phi) is 8.51. The van der Waals surface area contributed by atoms with E-state index in [1.807, 2.05) is 0 Å². The summed E-state index contributed by atoms with van der Waals surface area (Å²) in [5.41, 5.74) is 15.6. The van der Waals surface area contributed by atoms with E-state index in [-0.39, 0.29) is 0 Å². The van der Waals surface area contributed by atoms with Gasteiger partial charge in [0, 0.05) is 32.3 Å². The number of allylic oxidation sites excluding steroid dienone is 4. The Morgan fingerprint density at radius 2 is 0.873 bits per heavy atom. The van der Waals surface area contributed by atoms with Crippen molar-refractivity contribution in [3.05, 3.63) is 199 Å². The van der Waals surface area contributed by atoms with Crippen molar-refractivity contribution in [1.29, 1.82) is 0 Å². The molecule has 0 radical (unpaired) electrons. The summed E-state index contributed by atoms with van der Waals surface area (Å²) in [5.74, 6) is 0.736. The molecule has 4 heteroatoms. The molecule has 55 heavy (non-hydrogen) atoms. The standard InChI is InChI=1S/C51H35N3S/c1-5-15-34(16-6-1)40-29-41(31-43(30-40)51-53-48(39-21-11-4-12-22-39)50-49(54-51)44-23-13-14-24-47(44)55-50)35-25-27-36(28-26-35)42-32-45(37-17-7-2-8-18-37)52-46(33-42)38-19-9-3-10-20-38/h1-25,27,29-33H,26,28H2. The lowest BCUT2D eigenvalue weighted by Gasteiger charge is -2.19. The number of pyridine rings is 1. The van der Waals surface area contributed by atoms with Gasteiger partial charge < -0.3 is 0 Å². The van der Waals surface area contributed by atoms with E-state index in [0.29, 0.717) is 0 Å². The lowest BCUT2D eigenvalue weighted by Crippen LogP contribution is -1.99. The normalized spacial score (nSPS) is 12.8. The average Bonchev–Trinajstić information content (AvgIpc) is 3.66. The summed E-state index contributed by atoms with van der Waals surface area (Å²) in [5, 5.41) is 1.16. The Bertz CT molecular complexity index is 2840. The lowest BCUT2D eigenvalue weighted by atomic mass is 9.87. The first-order valence-electron chi connectivity index (χ1n) is 18.7. The Labute approximate surface area is 324 Å². The number of benzene rings is 6. The van der Waals surface area contributed by atoms with Gasteiger partial charge in [-0.3, -0.25) is 0 Å². The Morgan fingerprint density at radius 3 is 1.47 bits per heavy atom. The summed E-state index contributed by atoms with van der Waals surface area (Å²) in [6.07, 6.45) is 6.45. The number of rotatable bonds is 7. The SMILES string of the molecule is C1=C(c2cc(-c3ccccc3)cc(-c3nc(-c4ccccc4)c4sc5ccccc5c4n3)c2)CCC(c2cc(-c3ccccc3)nc(-c3ccccc3)c2)=C1. The molecule has 0 fully saturated rings. The van der Waals surface area contributed by atoms with E-state index < -0.39 is 0 Å². The first-order chi connectivity index (χ1) is 27.2. The Balaban J connectivity index is 1.10. The summed E-state index contributed by atoms with van der Waals surface area (Å²) in [4.78, 5) is 15.8. The van der Waals surface area contributed by atoms with Crippen molar-refractivity contribution >= 4 is 42.8 Å². The monoisotopic (exact) mass is 721 g/mol. The molecule has 0 spiro atoms. The number of nitrogens with zero attached hydrogens (tertiary/aromatic N) is 3. The predicted molar refractivity (Wildman–Crippen MR) is 232 cm³/mol. The molecule has 1 aliphatic rings. The maximum absolute atomic E-state index is 5.34. The van der Waals surface area contributed by atoms with Crippen LogP contribution in [0.25, 0.3) is 87.7 Å². The second kappa shape index (κ2) is 14.2. The zero-order valence-corrected chi connectivity index (χ0v) is 30.9. The summed E-state index contributed by atoms with van der Waals surface area (Å²) in [6.45, 7) is 0. The molecular weight excluding hydrogens is 687 g/mol. The third-order valence-corrected chi connectivity index (χ3v) is 11.6. The van der Waals surface area contributed by atoms with E-state index in [9.17, 15) is 0 Å². The molecule has 0 amide bonds. The largest absolute Gasteiger partial charge is 0.248 e. The zero-order chi connectivity index (χ0) is 36.6. The van der Waals surface area contributed by atoms with Crippen LogP contribution in [0.3, 0.4) is 0 Å². The molecule has 0 aliphatic heterocycles. The van der Waals surface area contributed by atoms with Crippen LogP contribution in [0, 0.1) is 0 Å². The van der Waals surface area contributed by atoms with Crippen molar-refractivity contribution in [1.82, 2.24) is 15.0 Å². The van der Waals surface area contributed by atoms with E-state index in [0.717, 1.165) is 79.2 Å². The molecule has 10 rings (SSSR count). The topological polar surface area (TPSA) is 38.7 Å². The lowest BCUT2D eigenvalue weighted by molar-refractivity contribution is 1.07. The summed E-state index contributed by atoms with van der Waals surface area (Å²) < 4.78 is 2.33. The minimum Gasteiger partial charge on any atom is -0.248 e. The van der Waals surface area contributed by atoms with Gasteiger partial charge in [-0.25, -0.2) is 15.0 Å². The molecule has 0 N–H and O–H groups in total. The van der Waals surface area contributed by atoms with Gasteiger partial charge in [-0.05, 0) is 82.6 Å². The maximum Gasteiger partial charge on any atom is 0.160 e. The highest BCUT2D eigenvalue weighted by Gasteiger charge is 2.19. The van der Waals surface area contributed by atoms with Crippen LogP contribution in [-0.4, -0.2) is 15.0 Å². The van der Waals surface area contributed by atoms with Gasteiger partial charge in [0.05, 0.1) is 27.3 Å². The van der Waals surface area contributed by atoms with Crippen molar-refractivity contribution < 1.29 is 0 Å². The van der Waals surface area contributed by atoms with Crippen molar-refractivity contribution in [2.24, 2.45) is 0 Å². The van der Waals surface area contributed by atoms with E-state index in [1.54, 1.807) is 11.3 Å². The molecule has 0 bridgehead atoms. The van der Waals surface area contributed by atoms with Crippen molar-refractivity contribution in [3.8, 4) is 56.3 Å². The van der Waals surface area contributed by atoms with E-state index in [2.05, 4.69) is 188 Å². The Hall–Kier alpha value is -6.75. The number of thiophene rings is 1. The first-order valence-corrected chi connectivity index (χ1v) is 19.5. The molecule has 0 atom stereocenters. The van der Waals surface area contributed by atoms with Crippen LogP contribution in [0.15, 0.2) is 188 Å². The summed E-state index contributed by atoms with van der Waals surface area (Å²) in [6, 6.07) is 62.0. The summed E-state index contributed by atoms with van der Waals surface area (Å²) in [7, 11) is 0. The molecule has 3 nitrogen and oxygen atoms in total. The fourth-order valence-electron chi connectivity index (χ4n) is 7.60. The smallest absolute Gasteiger partial charge is 0.160 e. The Morgan fingerprint density at radius 1 is 0.382 bits per heavy atom. The van der Waals surface area contributed by atoms with E-state index in [1.165, 1.54) is 32.5 Å². The summed E-state index contributed by atoms with van der Waals surface area (Å²) >= 11 is 1.77. The fourth-order valence-corrected chi connectivity index (χ4v) is 8.75. The first kappa shape index (κ1) is 32.9. The van der Waals surface area contributed by atoms with Gasteiger partial charge in [-0.2, -0.15) is 0 Å². The van der Waals surface area contributed by atoms with Gasteiger partial charge in [-0.1, -0.05) is 152 Å². The van der Waals surface area contributed by atoms with Gasteiger partial charge in [0.2, 0.25) is 0 Å². The predicted octanol–water partition coefficient (Wildman–Crippen LogP) is 13.8. The minimum absolute atomic E-state index is 0.736. The van der Waals surface area contributed by atoms with Gasteiger partial charge in [-0.15, -0.1) is 11.3 Å². The van der Waals surface area contributed by atoms with Crippen molar-refractivity contribution in [2.45, 2.75) is 12.8 Å². The second-order valence-electron chi connectivity index (χ2n) is 13.9. The second-order valence-corrected chi connectivity index (χ2v) is 15.0. The van der Waals surface area contributed by atoms with Crippen molar-refractivity contribution in [2.75, 3.05) is 0 Å². The maximum atomic E-state index is 5.34. The van der Waals surface area contributed by atoms with Gasteiger partial charge >= 0.3 is 0 Å². The molecule has 3 heterocycles. The molecule has 9 aromatic rings. The van der Waals surface area contributed by atoms with Crippen LogP contribution < -0.4 is 0 Å². The number of fused-ring (bicyclic) bond motifs is 3. The highest BCUT2D eigenvalue weighted by molar-refractivity contribution is 7.26. The highest BCUT2D eigenvalue weighted by atomic mass is 32.1. The quantitative estimate of drug-likeness (QED) is 0.164. The van der Waals surface area contributed by atoms with Crippen LogP contribution in [-0.2, 0) is 0 Å². The van der Waals surface area contributed by atoms with Gasteiger partial charge in [0.1, 0.15) is 0 Å². The molecule has 6 aromatic carbocycles. The minimum atomic E-state index is 0.736. The van der Waals surface area contributed by atoms with Gasteiger partial charge in [0.15, 0.2) is 5.82 Å². The highest BCUT2D eigenvalue weighted by Crippen LogP contribution is 2.41. The zero-order valence-electron chi connectivity index (χ0n) is 30.1. The van der Waals surface area contributed by atoms with Crippen LogP contribution >= 0.6 is 11.3 Å². The molecule has 1 aliphatic carbocycles. The third-order valence-electron chi connectivity index (χ3n) is 10.4. The molecule has 0 unspecified atom stereocenters. The fraction of sp³-hybridized carbons (Fsp3) is 0.0392. The molecular formula is C51H35N3S. The van der Waals surface area contributed by atoms with E-state index in [4.69, 9.17) is 15.0 Å². The third kappa shape index (κ3) is 6.47. The van der Waals surface area contributed by atoms with Crippen molar-refractivity contribution in [3.63, 3.8) is 0 Å². The van der Waals surface area contributed by atoms with Gasteiger partial charge in [0.25, 0.3) is 0 Å². The molecule has 0 saturated heterocycles. The van der Waals surface area contributed by atoms with E-state index >= 15 is 0 Å².